The third-order valence-electron chi connectivity index (χ3n) is 3.14. The van der Waals surface area contributed by atoms with E-state index in [1.54, 1.807) is 0 Å². The molecular formula is C14H17BrN2. The highest BCUT2D eigenvalue weighted by Gasteiger charge is 2.09. The summed E-state index contributed by atoms with van der Waals surface area (Å²) >= 11 is 3.50. The predicted octanol–water partition coefficient (Wildman–Crippen LogP) is 4.66. The zero-order chi connectivity index (χ0) is 12.4. The molecule has 0 aliphatic carbocycles. The molecule has 0 saturated heterocycles. The normalized spacial score (nSPS) is 12.7. The zero-order valence-electron chi connectivity index (χ0n) is 10.4. The van der Waals surface area contributed by atoms with E-state index >= 15 is 0 Å². The molecule has 1 heterocycles. The number of benzene rings is 1. The van der Waals surface area contributed by atoms with Crippen molar-refractivity contribution >= 4 is 15.9 Å². The fraction of sp³-hybridized carbons (Fsp3) is 0.357. The Balaban J connectivity index is 2.32. The maximum absolute atomic E-state index is 4.47. The molecule has 2 nitrogen and oxygen atoms in total. The first kappa shape index (κ1) is 12.4. The van der Waals surface area contributed by atoms with Crippen LogP contribution in [-0.4, -0.2) is 9.97 Å². The van der Waals surface area contributed by atoms with Crippen LogP contribution in [0.1, 0.15) is 37.6 Å². The summed E-state index contributed by atoms with van der Waals surface area (Å²) in [5.41, 5.74) is 3.52. The molecular weight excluding hydrogens is 276 g/mol. The molecule has 2 rings (SSSR count). The van der Waals surface area contributed by atoms with Gasteiger partial charge in [0.1, 0.15) is 16.1 Å². The number of aromatic nitrogens is 2. The van der Waals surface area contributed by atoms with Crippen molar-refractivity contribution in [3.63, 3.8) is 0 Å². The second-order valence-corrected chi connectivity index (χ2v) is 5.21. The SMILES string of the molecule is CCC(C)c1ccc(-c2nc(C)[nH]c2Br)cc1. The maximum atomic E-state index is 4.47. The first-order valence-electron chi connectivity index (χ1n) is 5.94. The van der Waals surface area contributed by atoms with Crippen LogP contribution in [0, 0.1) is 6.92 Å². The number of nitrogens with zero attached hydrogens (tertiary/aromatic N) is 1. The second kappa shape index (κ2) is 5.05. The number of rotatable bonds is 3. The molecule has 1 aromatic heterocycles. The molecule has 0 radical (unpaired) electrons. The van der Waals surface area contributed by atoms with Gasteiger partial charge in [-0.25, -0.2) is 4.98 Å². The summed E-state index contributed by atoms with van der Waals surface area (Å²) < 4.78 is 0.950. The van der Waals surface area contributed by atoms with Gasteiger partial charge in [0.25, 0.3) is 0 Å². The Morgan fingerprint density at radius 3 is 2.41 bits per heavy atom. The minimum atomic E-state index is 0.619. The number of aromatic amines is 1. The summed E-state index contributed by atoms with van der Waals surface area (Å²) in [6.07, 6.45) is 1.17. The Morgan fingerprint density at radius 2 is 1.94 bits per heavy atom. The molecule has 3 heteroatoms. The van der Waals surface area contributed by atoms with E-state index in [4.69, 9.17) is 0 Å². The lowest BCUT2D eigenvalue weighted by Crippen LogP contribution is -1.90. The monoisotopic (exact) mass is 292 g/mol. The number of H-pyrrole nitrogens is 1. The van der Waals surface area contributed by atoms with Gasteiger partial charge in [0.2, 0.25) is 0 Å². The van der Waals surface area contributed by atoms with Gasteiger partial charge in [-0.3, -0.25) is 0 Å². The molecule has 0 aliphatic rings. The number of imidazole rings is 1. The lowest BCUT2D eigenvalue weighted by atomic mass is 9.97. The average molecular weight is 293 g/mol. The molecule has 0 amide bonds. The van der Waals surface area contributed by atoms with E-state index in [9.17, 15) is 0 Å². The smallest absolute Gasteiger partial charge is 0.110 e. The molecule has 0 spiro atoms. The van der Waals surface area contributed by atoms with Crippen molar-refractivity contribution in [3.8, 4) is 11.3 Å². The summed E-state index contributed by atoms with van der Waals surface area (Å²) in [5, 5.41) is 0. The van der Waals surface area contributed by atoms with Crippen LogP contribution in [0.25, 0.3) is 11.3 Å². The van der Waals surface area contributed by atoms with E-state index in [-0.39, 0.29) is 0 Å². The Morgan fingerprint density at radius 1 is 1.29 bits per heavy atom. The van der Waals surface area contributed by atoms with Crippen LogP contribution < -0.4 is 0 Å². The third-order valence-corrected chi connectivity index (χ3v) is 3.72. The van der Waals surface area contributed by atoms with Gasteiger partial charge in [-0.05, 0) is 40.8 Å². The lowest BCUT2D eigenvalue weighted by Gasteiger charge is -2.09. The van der Waals surface area contributed by atoms with Crippen molar-refractivity contribution < 1.29 is 0 Å². The second-order valence-electron chi connectivity index (χ2n) is 4.42. The molecule has 1 aromatic carbocycles. The van der Waals surface area contributed by atoms with Gasteiger partial charge in [0, 0.05) is 5.56 Å². The van der Waals surface area contributed by atoms with E-state index in [0.29, 0.717) is 5.92 Å². The lowest BCUT2D eigenvalue weighted by molar-refractivity contribution is 0.734. The van der Waals surface area contributed by atoms with Crippen molar-refractivity contribution in [2.75, 3.05) is 0 Å². The Hall–Kier alpha value is -1.09. The molecule has 1 unspecified atom stereocenters. The van der Waals surface area contributed by atoms with E-state index < -0.39 is 0 Å². The fourth-order valence-corrected chi connectivity index (χ4v) is 2.46. The van der Waals surface area contributed by atoms with Gasteiger partial charge in [0.15, 0.2) is 0 Å². The minimum absolute atomic E-state index is 0.619. The molecule has 2 aromatic rings. The number of aryl methyl sites for hydroxylation is 1. The van der Waals surface area contributed by atoms with Gasteiger partial charge in [-0.2, -0.15) is 0 Å². The van der Waals surface area contributed by atoms with Crippen LogP contribution in [0.2, 0.25) is 0 Å². The molecule has 90 valence electrons. The molecule has 0 aliphatic heterocycles. The number of hydrogen-bond acceptors (Lipinski definition) is 1. The van der Waals surface area contributed by atoms with Crippen LogP contribution in [0.3, 0.4) is 0 Å². The number of hydrogen-bond donors (Lipinski definition) is 1. The van der Waals surface area contributed by atoms with Gasteiger partial charge in [0.05, 0.1) is 0 Å². The fourth-order valence-electron chi connectivity index (χ4n) is 1.86. The van der Waals surface area contributed by atoms with Gasteiger partial charge >= 0.3 is 0 Å². The summed E-state index contributed by atoms with van der Waals surface area (Å²) in [6, 6.07) is 8.67. The van der Waals surface area contributed by atoms with Crippen LogP contribution in [0.5, 0.6) is 0 Å². The molecule has 1 atom stereocenters. The van der Waals surface area contributed by atoms with Crippen molar-refractivity contribution in [3.05, 3.63) is 40.3 Å². The third kappa shape index (κ3) is 2.60. The highest BCUT2D eigenvalue weighted by Crippen LogP contribution is 2.27. The number of halogens is 1. The topological polar surface area (TPSA) is 28.7 Å². The van der Waals surface area contributed by atoms with Crippen molar-refractivity contribution in [1.29, 1.82) is 0 Å². The summed E-state index contributed by atoms with van der Waals surface area (Å²) in [4.78, 5) is 7.63. The Labute approximate surface area is 111 Å². The molecule has 1 N–H and O–H groups in total. The van der Waals surface area contributed by atoms with Crippen LogP contribution in [0.4, 0.5) is 0 Å². The van der Waals surface area contributed by atoms with E-state index in [1.165, 1.54) is 12.0 Å². The van der Waals surface area contributed by atoms with E-state index in [1.807, 2.05) is 6.92 Å². The zero-order valence-corrected chi connectivity index (χ0v) is 12.0. The molecule has 0 fully saturated rings. The van der Waals surface area contributed by atoms with Gasteiger partial charge in [-0.1, -0.05) is 38.1 Å². The predicted molar refractivity (Wildman–Crippen MR) is 75.2 cm³/mol. The first-order chi connectivity index (χ1) is 8.11. The number of nitrogens with one attached hydrogen (secondary N) is 1. The van der Waals surface area contributed by atoms with Crippen molar-refractivity contribution in [2.24, 2.45) is 0 Å². The summed E-state index contributed by atoms with van der Waals surface area (Å²) in [6.45, 7) is 6.43. The quantitative estimate of drug-likeness (QED) is 0.876. The van der Waals surface area contributed by atoms with Gasteiger partial charge < -0.3 is 4.98 Å². The van der Waals surface area contributed by atoms with Crippen molar-refractivity contribution in [1.82, 2.24) is 9.97 Å². The standard InChI is InChI=1S/C14H17BrN2/c1-4-9(2)11-5-7-12(8-6-11)13-14(15)17-10(3)16-13/h5-9H,4H2,1-3H3,(H,16,17). The molecule has 0 bridgehead atoms. The minimum Gasteiger partial charge on any atom is -0.336 e. The van der Waals surface area contributed by atoms with Crippen LogP contribution in [0.15, 0.2) is 28.9 Å². The van der Waals surface area contributed by atoms with E-state index in [2.05, 4.69) is 64.0 Å². The van der Waals surface area contributed by atoms with Gasteiger partial charge in [-0.15, -0.1) is 0 Å². The summed E-state index contributed by atoms with van der Waals surface area (Å²) in [7, 11) is 0. The summed E-state index contributed by atoms with van der Waals surface area (Å²) in [5.74, 6) is 1.55. The largest absolute Gasteiger partial charge is 0.336 e. The Kier molecular flexibility index (Phi) is 3.67. The average Bonchev–Trinajstić information content (AvgIpc) is 2.68. The Bertz CT molecular complexity index is 499. The molecule has 17 heavy (non-hydrogen) atoms. The highest BCUT2D eigenvalue weighted by molar-refractivity contribution is 9.10. The first-order valence-corrected chi connectivity index (χ1v) is 6.73. The van der Waals surface area contributed by atoms with Crippen LogP contribution >= 0.6 is 15.9 Å². The van der Waals surface area contributed by atoms with Crippen molar-refractivity contribution in [2.45, 2.75) is 33.1 Å². The maximum Gasteiger partial charge on any atom is 0.110 e. The highest BCUT2D eigenvalue weighted by atomic mass is 79.9. The van der Waals surface area contributed by atoms with E-state index in [0.717, 1.165) is 21.7 Å². The van der Waals surface area contributed by atoms with Crippen LogP contribution in [-0.2, 0) is 0 Å². The molecule has 0 saturated carbocycles.